The van der Waals surface area contributed by atoms with Gasteiger partial charge in [-0.2, -0.15) is 0 Å². The Labute approximate surface area is 281 Å². The van der Waals surface area contributed by atoms with E-state index in [1.165, 1.54) is 78.0 Å². The molecular formula is C41H32Br2N2. The monoisotopic (exact) mass is 710 g/mol. The van der Waals surface area contributed by atoms with Crippen molar-refractivity contribution in [1.82, 2.24) is 0 Å². The lowest BCUT2D eigenvalue weighted by atomic mass is 9.82. The van der Waals surface area contributed by atoms with E-state index in [1.807, 2.05) is 0 Å². The van der Waals surface area contributed by atoms with Gasteiger partial charge in [0.2, 0.25) is 0 Å². The smallest absolute Gasteiger partial charge is 0.100 e. The number of rotatable bonds is 2. The fraction of sp³-hybridized carbons (Fsp3) is 0.171. The Hall–Kier alpha value is -3.86. The molecule has 0 N–H and O–H groups in total. The first-order chi connectivity index (χ1) is 21.7. The molecule has 0 spiro atoms. The molecule has 0 radical (unpaired) electrons. The molecule has 9 rings (SSSR count). The maximum Gasteiger partial charge on any atom is 0.100 e. The second kappa shape index (κ2) is 9.34. The molecule has 0 fully saturated rings. The summed E-state index contributed by atoms with van der Waals surface area (Å²) in [4.78, 5) is 4.98. The second-order valence-corrected chi connectivity index (χ2v) is 15.4. The third-order valence-electron chi connectivity index (χ3n) is 10.6. The first-order valence-electron chi connectivity index (χ1n) is 15.6. The summed E-state index contributed by atoms with van der Waals surface area (Å²) in [6, 6.07) is 40.7. The van der Waals surface area contributed by atoms with Crippen LogP contribution in [0.2, 0.25) is 0 Å². The Bertz CT molecular complexity index is 2090. The first-order valence-corrected chi connectivity index (χ1v) is 17.2. The van der Waals surface area contributed by atoms with Gasteiger partial charge in [-0.05, 0) is 118 Å². The van der Waals surface area contributed by atoms with Gasteiger partial charge >= 0.3 is 0 Å². The summed E-state index contributed by atoms with van der Waals surface area (Å²) >= 11 is 8.12. The van der Waals surface area contributed by atoms with E-state index in [4.69, 9.17) is 0 Å². The highest BCUT2D eigenvalue weighted by molar-refractivity contribution is 9.11. The van der Waals surface area contributed by atoms with Crippen LogP contribution in [0.5, 0.6) is 0 Å². The van der Waals surface area contributed by atoms with Crippen molar-refractivity contribution in [2.45, 2.75) is 38.5 Å². The number of fused-ring (bicyclic) bond motifs is 6. The van der Waals surface area contributed by atoms with Gasteiger partial charge in [0, 0.05) is 25.2 Å². The first kappa shape index (κ1) is 27.5. The minimum absolute atomic E-state index is 0.0487. The lowest BCUT2D eigenvalue weighted by Crippen LogP contribution is -2.36. The summed E-state index contributed by atoms with van der Waals surface area (Å²) < 4.78 is 2.23. The van der Waals surface area contributed by atoms with Crippen molar-refractivity contribution in [3.8, 4) is 22.3 Å². The van der Waals surface area contributed by atoms with Crippen LogP contribution < -0.4 is 9.80 Å². The molecule has 45 heavy (non-hydrogen) atoms. The van der Waals surface area contributed by atoms with E-state index in [1.54, 1.807) is 0 Å². The average Bonchev–Trinajstić information content (AvgIpc) is 3.40. The van der Waals surface area contributed by atoms with Crippen molar-refractivity contribution in [2.24, 2.45) is 0 Å². The fourth-order valence-corrected chi connectivity index (χ4v) is 9.41. The molecule has 0 atom stereocenters. The molecule has 1 heterocycles. The molecule has 0 unspecified atom stereocenters. The number of nitrogens with zero attached hydrogens (tertiary/aromatic N) is 2. The van der Waals surface area contributed by atoms with Crippen LogP contribution in [0.25, 0.3) is 33.0 Å². The third-order valence-corrected chi connectivity index (χ3v) is 11.9. The average molecular weight is 713 g/mol. The Morgan fingerprint density at radius 1 is 0.467 bits per heavy atom. The molecule has 4 heteroatoms. The molecule has 3 aliphatic rings. The molecule has 2 nitrogen and oxygen atoms in total. The van der Waals surface area contributed by atoms with Crippen LogP contribution >= 0.6 is 31.9 Å². The van der Waals surface area contributed by atoms with E-state index in [-0.39, 0.29) is 10.8 Å². The maximum absolute atomic E-state index is 4.06. The molecule has 0 aromatic heterocycles. The van der Waals surface area contributed by atoms with E-state index < -0.39 is 0 Å². The highest BCUT2D eigenvalue weighted by atomic mass is 79.9. The Morgan fingerprint density at radius 3 is 1.38 bits per heavy atom. The van der Waals surface area contributed by atoms with Gasteiger partial charge in [-0.1, -0.05) is 100 Å². The lowest BCUT2D eigenvalue weighted by Gasteiger charge is -2.41. The summed E-state index contributed by atoms with van der Waals surface area (Å²) in [6.45, 7) is 10.0. The Kier molecular flexibility index (Phi) is 5.70. The van der Waals surface area contributed by atoms with Gasteiger partial charge in [0.15, 0.2) is 0 Å². The molecular weight excluding hydrogens is 680 g/mol. The predicted octanol–water partition coefficient (Wildman–Crippen LogP) is 12.2. The summed E-state index contributed by atoms with van der Waals surface area (Å²) in [5.41, 5.74) is 15.6. The molecule has 220 valence electrons. The molecule has 0 saturated heterocycles. The summed E-state index contributed by atoms with van der Waals surface area (Å²) in [5, 5.41) is 2.51. The highest BCUT2D eigenvalue weighted by Crippen LogP contribution is 2.55. The van der Waals surface area contributed by atoms with Crippen LogP contribution in [-0.4, -0.2) is 6.67 Å². The maximum atomic E-state index is 4.06. The van der Waals surface area contributed by atoms with Gasteiger partial charge in [0.05, 0.1) is 22.7 Å². The van der Waals surface area contributed by atoms with Crippen LogP contribution in [0.1, 0.15) is 49.9 Å². The third kappa shape index (κ3) is 3.67. The van der Waals surface area contributed by atoms with E-state index >= 15 is 0 Å². The van der Waals surface area contributed by atoms with E-state index in [0.29, 0.717) is 6.67 Å². The molecule has 0 amide bonds. The summed E-state index contributed by atoms with van der Waals surface area (Å²) in [6.07, 6.45) is 0. The zero-order valence-corrected chi connectivity index (χ0v) is 28.9. The van der Waals surface area contributed by atoms with Crippen LogP contribution in [0, 0.1) is 0 Å². The van der Waals surface area contributed by atoms with Gasteiger partial charge in [0.25, 0.3) is 0 Å². The summed E-state index contributed by atoms with van der Waals surface area (Å²) in [7, 11) is 0. The largest absolute Gasteiger partial charge is 0.321 e. The number of anilines is 4. The zero-order chi connectivity index (χ0) is 30.8. The van der Waals surface area contributed by atoms with Crippen molar-refractivity contribution >= 4 is 65.4 Å². The topological polar surface area (TPSA) is 6.48 Å². The van der Waals surface area contributed by atoms with Crippen LogP contribution in [0.15, 0.2) is 118 Å². The molecule has 6 aromatic carbocycles. The molecule has 0 bridgehead atoms. The van der Waals surface area contributed by atoms with E-state index in [0.717, 1.165) is 8.95 Å². The standard InChI is InChI=1S/C41H32Br2N2/c1-40(2)29-15-7-5-13-25(29)27-19-37(33(42)21-31(27)40)44-23-45(36-18-10-12-24-11-9-17-35(44)39(24)36)38-20-28-26-14-6-8-16-30(26)41(3,4)32(28)22-34(38)43/h5-22H,23H2,1-4H3. The number of benzene rings is 6. The van der Waals surface area contributed by atoms with Crippen LogP contribution in [0.3, 0.4) is 0 Å². The van der Waals surface area contributed by atoms with Crippen molar-refractivity contribution in [3.63, 3.8) is 0 Å². The quantitative estimate of drug-likeness (QED) is 0.176. The van der Waals surface area contributed by atoms with Crippen molar-refractivity contribution < 1.29 is 0 Å². The molecule has 6 aromatic rings. The zero-order valence-electron chi connectivity index (χ0n) is 25.7. The highest BCUT2D eigenvalue weighted by Gasteiger charge is 2.39. The van der Waals surface area contributed by atoms with Crippen LogP contribution in [-0.2, 0) is 10.8 Å². The molecule has 2 aliphatic carbocycles. The van der Waals surface area contributed by atoms with Gasteiger partial charge in [-0.3, -0.25) is 0 Å². The minimum atomic E-state index is -0.0487. The number of halogens is 2. The van der Waals surface area contributed by atoms with Crippen molar-refractivity contribution in [2.75, 3.05) is 16.5 Å². The predicted molar refractivity (Wildman–Crippen MR) is 197 cm³/mol. The van der Waals surface area contributed by atoms with Gasteiger partial charge in [-0.15, -0.1) is 0 Å². The van der Waals surface area contributed by atoms with Gasteiger partial charge < -0.3 is 9.80 Å². The summed E-state index contributed by atoms with van der Waals surface area (Å²) in [5.74, 6) is 0. The normalized spacial score (nSPS) is 16.4. The van der Waals surface area contributed by atoms with E-state index in [9.17, 15) is 0 Å². The second-order valence-electron chi connectivity index (χ2n) is 13.7. The molecule has 1 aliphatic heterocycles. The lowest BCUT2D eigenvalue weighted by molar-refractivity contribution is 0.660. The number of hydrogen-bond acceptors (Lipinski definition) is 2. The van der Waals surface area contributed by atoms with Gasteiger partial charge in [0.1, 0.15) is 6.67 Å². The van der Waals surface area contributed by atoms with E-state index in [2.05, 4.69) is 179 Å². The SMILES string of the molecule is CC1(C)c2ccccc2-c2cc(N3CN(c4cc5c(cc4Br)C(C)(C)c4ccccc4-5)c4cccc5cccc3c45)c(Br)cc21. The van der Waals surface area contributed by atoms with Crippen molar-refractivity contribution in [3.05, 3.63) is 140 Å². The minimum Gasteiger partial charge on any atom is -0.321 e. The molecule has 0 saturated carbocycles. The Balaban J connectivity index is 1.27. The van der Waals surface area contributed by atoms with Gasteiger partial charge in [-0.25, -0.2) is 0 Å². The van der Waals surface area contributed by atoms with Crippen LogP contribution in [0.4, 0.5) is 22.7 Å². The van der Waals surface area contributed by atoms with Crippen molar-refractivity contribution in [1.29, 1.82) is 0 Å². The fourth-order valence-electron chi connectivity index (χ4n) is 8.29. The number of hydrogen-bond donors (Lipinski definition) is 0. The Morgan fingerprint density at radius 2 is 0.911 bits per heavy atom.